The summed E-state index contributed by atoms with van der Waals surface area (Å²) in [6.07, 6.45) is 4.59. The lowest BCUT2D eigenvalue weighted by molar-refractivity contribution is -0.124. The maximum absolute atomic E-state index is 14.2. The number of anilines is 1. The van der Waals surface area contributed by atoms with E-state index < -0.39 is 0 Å². The molecule has 0 spiro atoms. The Morgan fingerprint density at radius 3 is 2.48 bits per heavy atom. The van der Waals surface area contributed by atoms with Gasteiger partial charge in [-0.15, -0.1) is 0 Å². The van der Waals surface area contributed by atoms with Crippen molar-refractivity contribution in [1.82, 2.24) is 4.90 Å². The second-order valence-electron chi connectivity index (χ2n) is 9.77. The third-order valence-electron chi connectivity index (χ3n) is 6.43. The normalized spacial score (nSPS) is 18.4. The van der Waals surface area contributed by atoms with E-state index in [1.165, 1.54) is 6.07 Å². The van der Waals surface area contributed by atoms with Crippen LogP contribution in [0.15, 0.2) is 36.4 Å². The maximum atomic E-state index is 14.2. The van der Waals surface area contributed by atoms with Gasteiger partial charge in [-0.05, 0) is 101 Å². The minimum absolute atomic E-state index is 0.0732. The van der Waals surface area contributed by atoms with Crippen molar-refractivity contribution < 1.29 is 9.18 Å². The van der Waals surface area contributed by atoms with Crippen molar-refractivity contribution in [1.29, 1.82) is 0 Å². The topological polar surface area (TPSA) is 23.6 Å². The van der Waals surface area contributed by atoms with Gasteiger partial charge in [-0.2, -0.15) is 0 Å². The first-order valence-electron chi connectivity index (χ1n) is 12.1. The summed E-state index contributed by atoms with van der Waals surface area (Å²) in [5, 5.41) is 0. The first-order valence-corrected chi connectivity index (χ1v) is 12.1. The molecular weight excluding hydrogens is 411 g/mol. The molecule has 1 heterocycles. The average Bonchev–Trinajstić information content (AvgIpc) is 2.75. The molecule has 1 aliphatic rings. The van der Waals surface area contributed by atoms with Crippen LogP contribution in [0.2, 0.25) is 0 Å². The monoisotopic (exact) mass is 448 g/mol. The zero-order chi connectivity index (χ0) is 24.0. The molecule has 2 atom stereocenters. The van der Waals surface area contributed by atoms with Crippen LogP contribution in [0.5, 0.6) is 0 Å². The number of rotatable bonds is 7. The summed E-state index contributed by atoms with van der Waals surface area (Å²) in [5.74, 6) is 6.76. The van der Waals surface area contributed by atoms with Gasteiger partial charge >= 0.3 is 0 Å². The molecule has 0 N–H and O–H groups in total. The number of aryl methyl sites for hydroxylation is 2. The molecule has 176 valence electrons. The van der Waals surface area contributed by atoms with Gasteiger partial charge in [0.15, 0.2) is 0 Å². The van der Waals surface area contributed by atoms with E-state index >= 15 is 0 Å². The number of carbonyl (C=O) groups excluding carboxylic acids is 1. The van der Waals surface area contributed by atoms with Crippen molar-refractivity contribution >= 4 is 11.6 Å². The molecule has 1 saturated heterocycles. The van der Waals surface area contributed by atoms with Crippen LogP contribution in [0.3, 0.4) is 0 Å². The van der Waals surface area contributed by atoms with Crippen molar-refractivity contribution in [3.63, 3.8) is 0 Å². The molecule has 1 fully saturated rings. The Morgan fingerprint density at radius 2 is 1.82 bits per heavy atom. The molecular formula is C29H37FN2O. The van der Waals surface area contributed by atoms with E-state index in [9.17, 15) is 9.18 Å². The molecule has 0 unspecified atom stereocenters. The number of amides is 1. The van der Waals surface area contributed by atoms with Gasteiger partial charge in [-0.1, -0.05) is 37.0 Å². The van der Waals surface area contributed by atoms with Crippen molar-refractivity contribution in [2.24, 2.45) is 11.8 Å². The highest BCUT2D eigenvalue weighted by Gasteiger charge is 2.34. The van der Waals surface area contributed by atoms with Crippen molar-refractivity contribution in [2.75, 3.05) is 32.1 Å². The zero-order valence-corrected chi connectivity index (χ0v) is 20.7. The van der Waals surface area contributed by atoms with E-state index in [0.717, 1.165) is 60.2 Å². The maximum Gasteiger partial charge on any atom is 0.229 e. The summed E-state index contributed by atoms with van der Waals surface area (Å²) >= 11 is 0. The van der Waals surface area contributed by atoms with Crippen LogP contribution in [-0.2, 0) is 11.2 Å². The van der Waals surface area contributed by atoms with Crippen LogP contribution in [0, 0.1) is 43.3 Å². The zero-order valence-electron chi connectivity index (χ0n) is 20.7. The van der Waals surface area contributed by atoms with Crippen LogP contribution < -0.4 is 4.90 Å². The smallest absolute Gasteiger partial charge is 0.229 e. The minimum Gasteiger partial charge on any atom is -0.311 e. The van der Waals surface area contributed by atoms with Crippen molar-refractivity contribution in [3.05, 3.63) is 64.5 Å². The van der Waals surface area contributed by atoms with Crippen LogP contribution in [0.25, 0.3) is 0 Å². The first kappa shape index (κ1) is 25.0. The third kappa shape index (κ3) is 6.68. The molecule has 33 heavy (non-hydrogen) atoms. The highest BCUT2D eigenvalue weighted by molar-refractivity contribution is 5.97. The molecule has 2 aromatic carbocycles. The first-order chi connectivity index (χ1) is 15.8. The summed E-state index contributed by atoms with van der Waals surface area (Å²) in [6.45, 7) is 7.82. The number of benzene rings is 2. The van der Waals surface area contributed by atoms with Gasteiger partial charge in [0.05, 0.1) is 0 Å². The molecule has 0 bridgehead atoms. The lowest BCUT2D eigenvalue weighted by Gasteiger charge is -2.38. The van der Waals surface area contributed by atoms with E-state index in [0.29, 0.717) is 13.0 Å². The fourth-order valence-electron chi connectivity index (χ4n) is 4.87. The van der Waals surface area contributed by atoms with E-state index in [1.54, 1.807) is 6.07 Å². The Bertz CT molecular complexity index is 1010. The van der Waals surface area contributed by atoms with Crippen LogP contribution in [0.4, 0.5) is 10.1 Å². The molecule has 0 radical (unpaired) electrons. The third-order valence-corrected chi connectivity index (χ3v) is 6.43. The lowest BCUT2D eigenvalue weighted by Crippen LogP contribution is -2.46. The molecule has 3 nitrogen and oxygen atoms in total. The highest BCUT2D eigenvalue weighted by atomic mass is 19.1. The molecule has 2 aromatic rings. The van der Waals surface area contributed by atoms with Crippen molar-refractivity contribution in [3.8, 4) is 11.8 Å². The predicted octanol–water partition coefficient (Wildman–Crippen LogP) is 5.76. The van der Waals surface area contributed by atoms with Gasteiger partial charge in [0.2, 0.25) is 5.91 Å². The summed E-state index contributed by atoms with van der Waals surface area (Å²) in [5.41, 5.74) is 4.86. The summed E-state index contributed by atoms with van der Waals surface area (Å²) < 4.78 is 14.2. The molecule has 1 amide bonds. The number of carbonyl (C=O) groups is 1. The van der Waals surface area contributed by atoms with Crippen LogP contribution in [0.1, 0.15) is 54.9 Å². The molecule has 0 aromatic heterocycles. The molecule has 4 heteroatoms. The number of nitrogens with zero attached hydrogens (tertiary/aromatic N) is 2. The predicted molar refractivity (Wildman–Crippen MR) is 135 cm³/mol. The second kappa shape index (κ2) is 11.5. The fraction of sp³-hybridized carbons (Fsp3) is 0.483. The van der Waals surface area contributed by atoms with E-state index in [4.69, 9.17) is 0 Å². The molecule has 3 rings (SSSR count). The van der Waals surface area contributed by atoms with E-state index in [1.807, 2.05) is 24.0 Å². The minimum atomic E-state index is -0.161. The standard InChI is InChI=1S/C29H37FN2O/c1-21-16-24(12-8-6-7-11-15-31(4)5)17-22(2)28(21)32-20-25(18-23(3)29(32)33)19-26-13-9-10-14-27(26)30/h9-10,13-14,16-17,23,25H,6-7,11,15,18-20H2,1-5H3/t23-,25-/m1/s1. The Kier molecular flexibility index (Phi) is 8.69. The van der Waals surface area contributed by atoms with E-state index in [-0.39, 0.29) is 23.6 Å². The lowest BCUT2D eigenvalue weighted by atomic mass is 9.84. The number of hydrogen-bond donors (Lipinski definition) is 0. The Balaban J connectivity index is 1.74. The number of halogens is 1. The second-order valence-corrected chi connectivity index (χ2v) is 9.77. The van der Waals surface area contributed by atoms with Gasteiger partial charge in [-0.3, -0.25) is 4.79 Å². The highest BCUT2D eigenvalue weighted by Crippen LogP contribution is 2.34. The fourth-order valence-corrected chi connectivity index (χ4v) is 4.87. The summed E-state index contributed by atoms with van der Waals surface area (Å²) in [6, 6.07) is 11.1. The summed E-state index contributed by atoms with van der Waals surface area (Å²) in [4.78, 5) is 17.3. The average molecular weight is 449 g/mol. The number of piperidine rings is 1. The summed E-state index contributed by atoms with van der Waals surface area (Å²) in [7, 11) is 4.18. The molecule has 0 aliphatic carbocycles. The van der Waals surface area contributed by atoms with Crippen LogP contribution >= 0.6 is 0 Å². The largest absolute Gasteiger partial charge is 0.311 e. The van der Waals surface area contributed by atoms with Crippen LogP contribution in [-0.4, -0.2) is 38.0 Å². The molecule has 1 aliphatic heterocycles. The Hall–Kier alpha value is -2.64. The van der Waals surface area contributed by atoms with E-state index in [2.05, 4.69) is 56.8 Å². The van der Waals surface area contributed by atoms with Crippen molar-refractivity contribution in [2.45, 2.75) is 52.9 Å². The Morgan fingerprint density at radius 1 is 1.12 bits per heavy atom. The SMILES string of the molecule is Cc1cc(C#CCCCCN(C)C)cc(C)c1N1C[C@@H](Cc2ccccc2F)C[C@@H](C)C1=O. The van der Waals surface area contributed by atoms with Gasteiger partial charge < -0.3 is 9.80 Å². The Labute approximate surface area is 199 Å². The van der Waals surface area contributed by atoms with Gasteiger partial charge in [0, 0.05) is 30.1 Å². The number of hydrogen-bond acceptors (Lipinski definition) is 2. The molecule has 0 saturated carbocycles. The quantitative estimate of drug-likeness (QED) is 0.397. The van der Waals surface area contributed by atoms with Gasteiger partial charge in [0.25, 0.3) is 0 Å². The van der Waals surface area contributed by atoms with Gasteiger partial charge in [-0.25, -0.2) is 4.39 Å². The number of unbranched alkanes of at least 4 members (excludes halogenated alkanes) is 2. The van der Waals surface area contributed by atoms with Gasteiger partial charge in [0.1, 0.15) is 5.82 Å².